The molecule has 5 aromatic rings. The van der Waals surface area contributed by atoms with Crippen LogP contribution in [0.2, 0.25) is 5.02 Å². The Balaban J connectivity index is 1.34. The Morgan fingerprint density at radius 2 is 2.03 bits per heavy atom. The number of aromatic nitrogens is 2. The second kappa shape index (κ2) is 9.86. The number of pyridine rings is 1. The number of H-pyrrole nitrogens is 1. The molecule has 8 nitrogen and oxygen atoms in total. The van der Waals surface area contributed by atoms with E-state index in [-0.39, 0.29) is 0 Å². The highest BCUT2D eigenvalue weighted by molar-refractivity contribution is 6.35. The molecule has 1 fully saturated rings. The van der Waals surface area contributed by atoms with Gasteiger partial charge in [0.1, 0.15) is 17.4 Å². The molecule has 1 saturated heterocycles. The smallest absolute Gasteiger partial charge is 0.209 e. The fraction of sp³-hybridized carbons (Fsp3) is 0.207. The van der Waals surface area contributed by atoms with Gasteiger partial charge in [0, 0.05) is 67.8 Å². The monoisotopic (exact) mass is 524 g/mol. The molecule has 4 heterocycles. The van der Waals surface area contributed by atoms with Gasteiger partial charge in [-0.05, 0) is 48.4 Å². The first-order valence-electron chi connectivity index (χ1n) is 12.4. The van der Waals surface area contributed by atoms with Crippen molar-refractivity contribution >= 4 is 51.3 Å². The number of anilines is 2. The van der Waals surface area contributed by atoms with Crippen molar-refractivity contribution in [2.24, 2.45) is 0 Å². The minimum absolute atomic E-state index is 0.405. The lowest BCUT2D eigenvalue weighted by atomic mass is 10.1. The summed E-state index contributed by atoms with van der Waals surface area (Å²) in [6.07, 6.45) is 6.03. The Morgan fingerprint density at radius 1 is 1.18 bits per heavy atom. The Bertz CT molecular complexity index is 1710. The maximum atomic E-state index is 11.0. The third-order valence-corrected chi connectivity index (χ3v) is 7.50. The van der Waals surface area contributed by atoms with Crippen LogP contribution < -0.4 is 5.32 Å². The van der Waals surface area contributed by atoms with Gasteiger partial charge in [-0.3, -0.25) is 14.7 Å². The Hall–Kier alpha value is -4.32. The van der Waals surface area contributed by atoms with Gasteiger partial charge in [0.15, 0.2) is 0 Å². The molecule has 0 radical (unpaired) electrons. The molecule has 9 heteroatoms. The number of nitrogens with zero attached hydrogens (tertiary/aromatic N) is 4. The molecular formula is C29H25ClN6O2. The van der Waals surface area contributed by atoms with Crippen molar-refractivity contribution in [1.29, 1.82) is 5.26 Å². The number of amides is 1. The van der Waals surface area contributed by atoms with Gasteiger partial charge in [0.05, 0.1) is 27.4 Å². The molecule has 6 rings (SSSR count). The Labute approximate surface area is 224 Å². The molecule has 0 spiro atoms. The van der Waals surface area contributed by atoms with Crippen LogP contribution in [0.3, 0.4) is 0 Å². The zero-order chi connectivity index (χ0) is 26.2. The molecular weight excluding hydrogens is 500 g/mol. The number of halogens is 1. The largest absolute Gasteiger partial charge is 0.456 e. The van der Waals surface area contributed by atoms with Crippen LogP contribution in [0.1, 0.15) is 16.7 Å². The van der Waals surface area contributed by atoms with E-state index < -0.39 is 0 Å². The molecule has 3 aromatic heterocycles. The molecule has 1 aliphatic rings. The third kappa shape index (κ3) is 4.36. The number of hydrogen-bond acceptors (Lipinski definition) is 6. The number of rotatable bonds is 6. The van der Waals surface area contributed by atoms with Gasteiger partial charge in [0.25, 0.3) is 0 Å². The minimum Gasteiger partial charge on any atom is -0.456 e. The highest BCUT2D eigenvalue weighted by Crippen LogP contribution is 2.39. The fourth-order valence-corrected chi connectivity index (χ4v) is 5.34. The molecule has 2 N–H and O–H groups in total. The lowest BCUT2D eigenvalue weighted by molar-refractivity contribution is -0.119. The minimum atomic E-state index is 0.405. The molecule has 38 heavy (non-hydrogen) atoms. The van der Waals surface area contributed by atoms with Crippen LogP contribution in [0.5, 0.6) is 0 Å². The van der Waals surface area contributed by atoms with Crippen LogP contribution in [-0.2, 0) is 11.3 Å². The van der Waals surface area contributed by atoms with Crippen molar-refractivity contribution in [3.63, 3.8) is 0 Å². The van der Waals surface area contributed by atoms with E-state index in [9.17, 15) is 10.1 Å². The third-order valence-electron chi connectivity index (χ3n) is 7.20. The Kier molecular flexibility index (Phi) is 6.24. The molecule has 0 bridgehead atoms. The van der Waals surface area contributed by atoms with Crippen molar-refractivity contribution < 1.29 is 9.21 Å². The molecule has 0 unspecified atom stereocenters. The maximum Gasteiger partial charge on any atom is 0.209 e. The summed E-state index contributed by atoms with van der Waals surface area (Å²) in [5, 5.41) is 15.9. The van der Waals surface area contributed by atoms with Gasteiger partial charge in [-0.2, -0.15) is 5.26 Å². The fourth-order valence-electron chi connectivity index (χ4n) is 5.07. The van der Waals surface area contributed by atoms with Gasteiger partial charge < -0.3 is 19.6 Å². The van der Waals surface area contributed by atoms with E-state index in [1.807, 2.05) is 42.3 Å². The van der Waals surface area contributed by atoms with Crippen molar-refractivity contribution in [3.8, 4) is 17.4 Å². The zero-order valence-corrected chi connectivity index (χ0v) is 21.5. The molecule has 0 atom stereocenters. The second-order valence-electron chi connectivity index (χ2n) is 9.54. The summed E-state index contributed by atoms with van der Waals surface area (Å²) in [6.45, 7) is 6.04. The van der Waals surface area contributed by atoms with Crippen LogP contribution in [-0.4, -0.2) is 52.4 Å². The number of fused-ring (bicyclic) bond motifs is 2. The average molecular weight is 525 g/mol. The SMILES string of the molecule is Cc1c(Nc2c(C#N)cncc2-c2cc3cc(CN4CCN(C=O)CC4)ccc3o2)cc(Cl)c2[nH]ccc12. The highest BCUT2D eigenvalue weighted by atomic mass is 35.5. The van der Waals surface area contributed by atoms with E-state index in [0.29, 0.717) is 27.6 Å². The average Bonchev–Trinajstić information content (AvgIpc) is 3.60. The molecule has 190 valence electrons. The van der Waals surface area contributed by atoms with E-state index in [1.54, 1.807) is 12.4 Å². The van der Waals surface area contributed by atoms with E-state index >= 15 is 0 Å². The first-order valence-corrected chi connectivity index (χ1v) is 12.8. The number of aromatic amines is 1. The number of nitrogens with one attached hydrogen (secondary N) is 2. The van der Waals surface area contributed by atoms with Gasteiger partial charge in [0.2, 0.25) is 6.41 Å². The summed E-state index contributed by atoms with van der Waals surface area (Å²) in [5.41, 5.74) is 6.35. The van der Waals surface area contributed by atoms with E-state index in [2.05, 4.69) is 38.4 Å². The van der Waals surface area contributed by atoms with Gasteiger partial charge in [-0.1, -0.05) is 17.7 Å². The molecule has 0 saturated carbocycles. The first-order chi connectivity index (χ1) is 18.5. The Morgan fingerprint density at radius 3 is 2.82 bits per heavy atom. The van der Waals surface area contributed by atoms with E-state index in [1.165, 1.54) is 5.56 Å². The topological polar surface area (TPSA) is 101 Å². The number of benzene rings is 2. The maximum absolute atomic E-state index is 11.0. The summed E-state index contributed by atoms with van der Waals surface area (Å²) < 4.78 is 6.24. The van der Waals surface area contributed by atoms with E-state index in [0.717, 1.165) is 72.3 Å². The quantitative estimate of drug-likeness (QED) is 0.271. The van der Waals surface area contributed by atoms with Crippen LogP contribution in [0, 0.1) is 18.3 Å². The number of hydrogen-bond donors (Lipinski definition) is 2. The van der Waals surface area contributed by atoms with Gasteiger partial charge in [-0.15, -0.1) is 0 Å². The first kappa shape index (κ1) is 24.0. The second-order valence-corrected chi connectivity index (χ2v) is 9.95. The van der Waals surface area contributed by atoms with Crippen LogP contribution >= 0.6 is 11.6 Å². The molecule has 1 aliphatic heterocycles. The number of carbonyl (C=O) groups excluding carboxylic acids is 1. The van der Waals surface area contributed by atoms with Gasteiger partial charge >= 0.3 is 0 Å². The predicted octanol–water partition coefficient (Wildman–Crippen LogP) is 5.83. The molecule has 2 aromatic carbocycles. The normalized spacial score (nSPS) is 14.2. The number of carbonyl (C=O) groups is 1. The summed E-state index contributed by atoms with van der Waals surface area (Å²) in [7, 11) is 0. The van der Waals surface area contributed by atoms with Crippen LogP contribution in [0.15, 0.2) is 59.4 Å². The summed E-state index contributed by atoms with van der Waals surface area (Å²) in [4.78, 5) is 22.6. The predicted molar refractivity (Wildman–Crippen MR) is 148 cm³/mol. The highest BCUT2D eigenvalue weighted by Gasteiger charge is 2.19. The zero-order valence-electron chi connectivity index (χ0n) is 20.8. The van der Waals surface area contributed by atoms with Crippen molar-refractivity contribution in [2.75, 3.05) is 31.5 Å². The molecule has 1 amide bonds. The van der Waals surface area contributed by atoms with Crippen LogP contribution in [0.25, 0.3) is 33.2 Å². The lowest BCUT2D eigenvalue weighted by Gasteiger charge is -2.32. The standard InChI is InChI=1S/C29H25ClN6O2/c1-18-22-4-5-33-29(22)24(30)12-25(18)34-28-21(13-31)14-32-15-23(28)27-11-20-10-19(2-3-26(20)38-27)16-35-6-8-36(17-37)9-7-35/h2-5,10-12,14-15,17,33H,6-9,16H2,1H3,(H,32,34). The van der Waals surface area contributed by atoms with Crippen LogP contribution in [0.4, 0.5) is 11.4 Å². The number of nitriles is 1. The summed E-state index contributed by atoms with van der Waals surface area (Å²) in [6, 6.07) is 14.3. The van der Waals surface area contributed by atoms with E-state index in [4.69, 9.17) is 16.0 Å². The molecule has 0 aliphatic carbocycles. The number of furan rings is 1. The van der Waals surface area contributed by atoms with Crippen molar-refractivity contribution in [2.45, 2.75) is 13.5 Å². The van der Waals surface area contributed by atoms with Crippen molar-refractivity contribution in [3.05, 3.63) is 76.7 Å². The van der Waals surface area contributed by atoms with Crippen molar-refractivity contribution in [1.82, 2.24) is 19.8 Å². The lowest BCUT2D eigenvalue weighted by Crippen LogP contribution is -2.45. The summed E-state index contributed by atoms with van der Waals surface area (Å²) in [5.74, 6) is 0.621. The summed E-state index contributed by atoms with van der Waals surface area (Å²) >= 11 is 6.54. The van der Waals surface area contributed by atoms with Gasteiger partial charge in [-0.25, -0.2) is 0 Å². The number of aryl methyl sites for hydroxylation is 1. The number of piperazine rings is 1.